The molecule has 0 aliphatic carbocycles. The minimum Gasteiger partial charge on any atom is -0.334 e. The zero-order valence-corrected chi connectivity index (χ0v) is 11.7. The van der Waals surface area contributed by atoms with Crippen LogP contribution >= 0.6 is 23.4 Å². The largest absolute Gasteiger partial charge is 0.334 e. The summed E-state index contributed by atoms with van der Waals surface area (Å²) in [5, 5.41) is 5.06. The fraction of sp³-hybridized carbons (Fsp3) is 0.167. The molecule has 1 aliphatic rings. The van der Waals surface area contributed by atoms with Gasteiger partial charge in [-0.2, -0.15) is 0 Å². The number of thioether (sulfide) groups is 1. The number of carbonyl (C=O) groups is 2. The van der Waals surface area contributed by atoms with Crippen LogP contribution in [0.1, 0.15) is 0 Å². The fourth-order valence-electron chi connectivity index (χ4n) is 1.79. The SMILES string of the molecule is O=C1NC(C(=O)Nc2nc3ccccc3nc2Cl)CS1. The van der Waals surface area contributed by atoms with Gasteiger partial charge in [0.05, 0.1) is 11.0 Å². The molecule has 2 N–H and O–H groups in total. The van der Waals surface area contributed by atoms with Crippen molar-refractivity contribution < 1.29 is 9.59 Å². The van der Waals surface area contributed by atoms with Gasteiger partial charge in [-0.15, -0.1) is 0 Å². The van der Waals surface area contributed by atoms with Gasteiger partial charge in [0.15, 0.2) is 11.0 Å². The molecule has 1 aliphatic heterocycles. The monoisotopic (exact) mass is 308 g/mol. The first-order valence-electron chi connectivity index (χ1n) is 5.80. The Morgan fingerprint density at radius 1 is 1.35 bits per heavy atom. The van der Waals surface area contributed by atoms with Crippen molar-refractivity contribution in [1.82, 2.24) is 15.3 Å². The summed E-state index contributed by atoms with van der Waals surface area (Å²) < 4.78 is 0. The summed E-state index contributed by atoms with van der Waals surface area (Å²) in [4.78, 5) is 31.5. The summed E-state index contributed by atoms with van der Waals surface area (Å²) in [7, 11) is 0. The van der Waals surface area contributed by atoms with E-state index in [1.165, 1.54) is 0 Å². The van der Waals surface area contributed by atoms with Crippen LogP contribution in [0.5, 0.6) is 0 Å². The van der Waals surface area contributed by atoms with Crippen LogP contribution in [0.2, 0.25) is 5.15 Å². The van der Waals surface area contributed by atoms with Gasteiger partial charge in [-0.1, -0.05) is 35.5 Å². The maximum atomic E-state index is 12.0. The molecule has 2 amide bonds. The molecule has 1 atom stereocenters. The van der Waals surface area contributed by atoms with Crippen LogP contribution in [0, 0.1) is 0 Å². The highest BCUT2D eigenvalue weighted by molar-refractivity contribution is 8.14. The number of aromatic nitrogens is 2. The molecule has 1 aromatic carbocycles. The molecule has 2 aromatic rings. The molecule has 0 spiro atoms. The molecule has 20 heavy (non-hydrogen) atoms. The van der Waals surface area contributed by atoms with Crippen molar-refractivity contribution >= 4 is 51.4 Å². The average Bonchev–Trinajstić information content (AvgIpc) is 2.86. The van der Waals surface area contributed by atoms with Crippen molar-refractivity contribution in [2.24, 2.45) is 0 Å². The van der Waals surface area contributed by atoms with Crippen LogP contribution in [0.15, 0.2) is 24.3 Å². The Hall–Kier alpha value is -1.86. The lowest BCUT2D eigenvalue weighted by Gasteiger charge is -2.10. The van der Waals surface area contributed by atoms with Crippen LogP contribution in [0.25, 0.3) is 11.0 Å². The lowest BCUT2D eigenvalue weighted by atomic mass is 10.3. The van der Waals surface area contributed by atoms with E-state index in [2.05, 4.69) is 20.6 Å². The van der Waals surface area contributed by atoms with E-state index in [1.54, 1.807) is 12.1 Å². The first-order valence-corrected chi connectivity index (χ1v) is 7.16. The van der Waals surface area contributed by atoms with Crippen molar-refractivity contribution in [2.45, 2.75) is 6.04 Å². The number of nitrogens with one attached hydrogen (secondary N) is 2. The lowest BCUT2D eigenvalue weighted by molar-refractivity contribution is -0.117. The summed E-state index contributed by atoms with van der Waals surface area (Å²) >= 11 is 7.07. The normalized spacial score (nSPS) is 18.1. The van der Waals surface area contributed by atoms with Crippen molar-refractivity contribution in [1.29, 1.82) is 0 Å². The number of fused-ring (bicyclic) bond motifs is 1. The zero-order chi connectivity index (χ0) is 14.1. The van der Waals surface area contributed by atoms with Crippen molar-refractivity contribution in [3.05, 3.63) is 29.4 Å². The number of para-hydroxylation sites is 2. The number of hydrogen-bond acceptors (Lipinski definition) is 5. The second kappa shape index (κ2) is 5.26. The third-order valence-corrected chi connectivity index (χ3v) is 3.90. The van der Waals surface area contributed by atoms with Gasteiger partial charge in [-0.25, -0.2) is 9.97 Å². The van der Waals surface area contributed by atoms with Gasteiger partial charge in [-0.05, 0) is 12.1 Å². The van der Waals surface area contributed by atoms with E-state index in [9.17, 15) is 9.59 Å². The molecule has 0 bridgehead atoms. The van der Waals surface area contributed by atoms with Gasteiger partial charge < -0.3 is 10.6 Å². The van der Waals surface area contributed by atoms with Gasteiger partial charge in [0.25, 0.3) is 5.24 Å². The molecular formula is C12H9ClN4O2S. The summed E-state index contributed by atoms with van der Waals surface area (Å²) in [5.74, 6) is 0.236. The first kappa shape index (κ1) is 13.1. The molecule has 102 valence electrons. The fourth-order valence-corrected chi connectivity index (χ4v) is 2.75. The highest BCUT2D eigenvalue weighted by Gasteiger charge is 2.28. The highest BCUT2D eigenvalue weighted by Crippen LogP contribution is 2.22. The minimum absolute atomic E-state index is 0.119. The number of halogens is 1. The molecular weight excluding hydrogens is 300 g/mol. The van der Waals surface area contributed by atoms with E-state index >= 15 is 0 Å². The Morgan fingerprint density at radius 2 is 2.05 bits per heavy atom. The molecule has 2 heterocycles. The number of nitrogens with zero attached hydrogens (tertiary/aromatic N) is 2. The molecule has 0 saturated carbocycles. The third-order valence-electron chi connectivity index (χ3n) is 2.76. The molecule has 8 heteroatoms. The lowest BCUT2D eigenvalue weighted by Crippen LogP contribution is -2.38. The van der Waals surface area contributed by atoms with Crippen molar-refractivity contribution in [2.75, 3.05) is 11.1 Å². The second-order valence-electron chi connectivity index (χ2n) is 4.14. The van der Waals surface area contributed by atoms with E-state index in [1.807, 2.05) is 12.1 Å². The first-order chi connectivity index (χ1) is 9.63. The van der Waals surface area contributed by atoms with Crippen LogP contribution in [0.3, 0.4) is 0 Å². The molecule has 0 radical (unpaired) electrons. The van der Waals surface area contributed by atoms with Gasteiger partial charge in [0, 0.05) is 5.75 Å². The number of amides is 2. The Labute approximate surface area is 123 Å². The minimum atomic E-state index is -0.572. The van der Waals surface area contributed by atoms with E-state index in [4.69, 9.17) is 11.6 Å². The predicted octanol–water partition coefficient (Wildman–Crippen LogP) is 2.05. The molecule has 1 aromatic heterocycles. The van der Waals surface area contributed by atoms with Gasteiger partial charge in [0.1, 0.15) is 6.04 Å². The Balaban J connectivity index is 1.85. The smallest absolute Gasteiger partial charge is 0.279 e. The zero-order valence-electron chi connectivity index (χ0n) is 10.1. The number of carbonyl (C=O) groups excluding carboxylic acids is 2. The number of benzene rings is 1. The van der Waals surface area contributed by atoms with Crippen LogP contribution < -0.4 is 10.6 Å². The number of anilines is 1. The average molecular weight is 309 g/mol. The van der Waals surface area contributed by atoms with Crippen LogP contribution in [-0.2, 0) is 4.79 Å². The molecule has 3 rings (SSSR count). The summed E-state index contributed by atoms with van der Waals surface area (Å²) in [5.41, 5.74) is 1.29. The van der Waals surface area contributed by atoms with Gasteiger partial charge >= 0.3 is 0 Å². The molecule has 1 fully saturated rings. The predicted molar refractivity (Wildman–Crippen MR) is 78.0 cm³/mol. The van der Waals surface area contributed by atoms with Gasteiger partial charge in [-0.3, -0.25) is 9.59 Å². The van der Waals surface area contributed by atoms with Crippen molar-refractivity contribution in [3.63, 3.8) is 0 Å². The Bertz CT molecular complexity index is 709. The summed E-state index contributed by atoms with van der Waals surface area (Å²) in [6, 6.07) is 6.65. The Kier molecular flexibility index (Phi) is 3.45. The van der Waals surface area contributed by atoms with Crippen molar-refractivity contribution in [3.8, 4) is 0 Å². The van der Waals surface area contributed by atoms with Crippen LogP contribution in [0.4, 0.5) is 10.6 Å². The van der Waals surface area contributed by atoms with Crippen LogP contribution in [-0.4, -0.2) is 32.9 Å². The summed E-state index contributed by atoms with van der Waals surface area (Å²) in [6.07, 6.45) is 0. The maximum Gasteiger partial charge on any atom is 0.279 e. The highest BCUT2D eigenvalue weighted by atomic mass is 35.5. The molecule has 1 unspecified atom stereocenters. The number of hydrogen-bond donors (Lipinski definition) is 2. The van der Waals surface area contributed by atoms with E-state index in [0.717, 1.165) is 11.8 Å². The molecule has 1 saturated heterocycles. The summed E-state index contributed by atoms with van der Waals surface area (Å²) in [6.45, 7) is 0. The standard InChI is InChI=1S/C12H9ClN4O2S/c13-9-10(15-7-4-2-1-3-6(7)14-9)17-11(18)8-5-20-12(19)16-8/h1-4,8H,5H2,(H,16,19)(H,15,17,18). The second-order valence-corrected chi connectivity index (χ2v) is 5.49. The van der Waals surface area contributed by atoms with E-state index < -0.39 is 6.04 Å². The van der Waals surface area contributed by atoms with Gasteiger partial charge in [0.2, 0.25) is 5.91 Å². The molecule has 6 nitrogen and oxygen atoms in total. The topological polar surface area (TPSA) is 84.0 Å². The maximum absolute atomic E-state index is 12.0. The van der Waals surface area contributed by atoms with E-state index in [-0.39, 0.29) is 22.1 Å². The quantitative estimate of drug-likeness (QED) is 0.887. The third kappa shape index (κ3) is 2.54. The Morgan fingerprint density at radius 3 is 2.70 bits per heavy atom. The number of rotatable bonds is 2. The van der Waals surface area contributed by atoms with E-state index in [0.29, 0.717) is 16.8 Å².